The van der Waals surface area contributed by atoms with Crippen molar-refractivity contribution in [3.8, 4) is 0 Å². The maximum atomic E-state index is 11.7. The van der Waals surface area contributed by atoms with Crippen LogP contribution in [0.25, 0.3) is 0 Å². The van der Waals surface area contributed by atoms with Gasteiger partial charge in [-0.1, -0.05) is 37.3 Å². The number of carbonyl (C=O) groups excluding carboxylic acids is 2. The second kappa shape index (κ2) is 8.26. The van der Waals surface area contributed by atoms with E-state index in [0.29, 0.717) is 6.54 Å². The van der Waals surface area contributed by atoms with Crippen LogP contribution in [0.4, 0.5) is 4.79 Å². The number of carbonyl (C=O) groups is 2. The van der Waals surface area contributed by atoms with Gasteiger partial charge in [-0.05, 0) is 18.5 Å². The highest BCUT2D eigenvalue weighted by atomic mass is 16.2. The molecule has 1 rings (SSSR count). The first-order valence-electron chi connectivity index (χ1n) is 6.43. The smallest absolute Gasteiger partial charge is 0.321 e. The Morgan fingerprint density at radius 1 is 1.21 bits per heavy atom. The number of urea groups is 1. The highest BCUT2D eigenvalue weighted by Gasteiger charge is 2.12. The van der Waals surface area contributed by atoms with Crippen LogP contribution in [0.5, 0.6) is 0 Å². The standard InChI is InChI=1S/C14H21N3O2/c1-3-9-17(10-12-7-5-4-6-8-12)11-13(18)16-14(19)15-2/h4-8H,3,9-11H2,1-2H3,(H2,15,16,18,19). The van der Waals surface area contributed by atoms with Gasteiger partial charge >= 0.3 is 6.03 Å². The van der Waals surface area contributed by atoms with Crippen molar-refractivity contribution in [1.82, 2.24) is 15.5 Å². The Morgan fingerprint density at radius 3 is 2.47 bits per heavy atom. The molecule has 5 heteroatoms. The van der Waals surface area contributed by atoms with Gasteiger partial charge in [-0.25, -0.2) is 4.79 Å². The van der Waals surface area contributed by atoms with E-state index in [-0.39, 0.29) is 12.5 Å². The molecule has 19 heavy (non-hydrogen) atoms. The van der Waals surface area contributed by atoms with Crippen molar-refractivity contribution in [2.24, 2.45) is 0 Å². The molecule has 104 valence electrons. The van der Waals surface area contributed by atoms with Crippen molar-refractivity contribution in [3.05, 3.63) is 35.9 Å². The Morgan fingerprint density at radius 2 is 1.89 bits per heavy atom. The summed E-state index contributed by atoms with van der Waals surface area (Å²) in [5.74, 6) is -0.288. The van der Waals surface area contributed by atoms with Crippen LogP contribution < -0.4 is 10.6 Å². The summed E-state index contributed by atoms with van der Waals surface area (Å²) < 4.78 is 0. The predicted molar refractivity (Wildman–Crippen MR) is 74.6 cm³/mol. The van der Waals surface area contributed by atoms with Gasteiger partial charge in [0.1, 0.15) is 0 Å². The third-order valence-electron chi connectivity index (χ3n) is 2.64. The van der Waals surface area contributed by atoms with Crippen molar-refractivity contribution >= 4 is 11.9 Å². The summed E-state index contributed by atoms with van der Waals surface area (Å²) in [6.45, 7) is 3.80. The summed E-state index contributed by atoms with van der Waals surface area (Å²) in [6, 6.07) is 9.50. The summed E-state index contributed by atoms with van der Waals surface area (Å²) in [4.78, 5) is 24.8. The molecule has 0 fully saturated rings. The number of nitrogens with one attached hydrogen (secondary N) is 2. The SMILES string of the molecule is CCCN(CC(=O)NC(=O)NC)Cc1ccccc1. The Hall–Kier alpha value is -1.88. The molecule has 0 atom stereocenters. The second-order valence-electron chi connectivity index (χ2n) is 4.32. The number of benzene rings is 1. The third-order valence-corrected chi connectivity index (χ3v) is 2.64. The average molecular weight is 263 g/mol. The van der Waals surface area contributed by atoms with E-state index < -0.39 is 6.03 Å². The van der Waals surface area contributed by atoms with Gasteiger partial charge in [-0.2, -0.15) is 0 Å². The fraction of sp³-hybridized carbons (Fsp3) is 0.429. The van der Waals surface area contributed by atoms with E-state index in [1.165, 1.54) is 7.05 Å². The lowest BCUT2D eigenvalue weighted by molar-refractivity contribution is -0.121. The molecule has 0 saturated carbocycles. The zero-order valence-corrected chi connectivity index (χ0v) is 11.5. The Labute approximate surface area is 114 Å². The number of nitrogens with zero attached hydrogens (tertiary/aromatic N) is 1. The van der Waals surface area contributed by atoms with Crippen molar-refractivity contribution in [1.29, 1.82) is 0 Å². The largest absolute Gasteiger partial charge is 0.341 e. The lowest BCUT2D eigenvalue weighted by Gasteiger charge is -2.20. The summed E-state index contributed by atoms with van der Waals surface area (Å²) in [5.41, 5.74) is 1.16. The average Bonchev–Trinajstić information content (AvgIpc) is 2.39. The van der Waals surface area contributed by atoms with Gasteiger partial charge in [0.2, 0.25) is 5.91 Å². The first-order valence-corrected chi connectivity index (χ1v) is 6.43. The quantitative estimate of drug-likeness (QED) is 0.814. The highest BCUT2D eigenvalue weighted by molar-refractivity contribution is 5.95. The van der Waals surface area contributed by atoms with E-state index in [4.69, 9.17) is 0 Å². The topological polar surface area (TPSA) is 61.4 Å². The molecule has 5 nitrogen and oxygen atoms in total. The van der Waals surface area contributed by atoms with Crippen LogP contribution in [0, 0.1) is 0 Å². The Bertz CT molecular complexity index is 406. The molecular weight excluding hydrogens is 242 g/mol. The first kappa shape index (κ1) is 15.2. The van der Waals surface area contributed by atoms with E-state index in [1.807, 2.05) is 35.2 Å². The van der Waals surface area contributed by atoms with Crippen LogP contribution in [0.3, 0.4) is 0 Å². The maximum absolute atomic E-state index is 11.7. The van der Waals surface area contributed by atoms with Crippen molar-refractivity contribution in [3.63, 3.8) is 0 Å². The van der Waals surface area contributed by atoms with Crippen molar-refractivity contribution in [2.75, 3.05) is 20.1 Å². The molecule has 0 unspecified atom stereocenters. The molecule has 3 amide bonds. The molecule has 0 aromatic heterocycles. The minimum Gasteiger partial charge on any atom is -0.341 e. The van der Waals surface area contributed by atoms with E-state index >= 15 is 0 Å². The van der Waals surface area contributed by atoms with Crippen molar-refractivity contribution < 1.29 is 9.59 Å². The number of hydrogen-bond acceptors (Lipinski definition) is 3. The minimum atomic E-state index is -0.471. The highest BCUT2D eigenvalue weighted by Crippen LogP contribution is 2.04. The number of hydrogen-bond donors (Lipinski definition) is 2. The number of imide groups is 1. The fourth-order valence-corrected chi connectivity index (χ4v) is 1.80. The van der Waals surface area contributed by atoms with Gasteiger partial charge in [0.25, 0.3) is 0 Å². The van der Waals surface area contributed by atoms with Crippen LogP contribution in [0.2, 0.25) is 0 Å². The third kappa shape index (κ3) is 6.01. The molecule has 0 aliphatic carbocycles. The summed E-state index contributed by atoms with van der Waals surface area (Å²) in [5, 5.41) is 4.64. The zero-order valence-electron chi connectivity index (χ0n) is 11.5. The molecule has 1 aromatic rings. The van der Waals surface area contributed by atoms with E-state index in [2.05, 4.69) is 17.6 Å². The van der Waals surface area contributed by atoms with Gasteiger partial charge in [-0.3, -0.25) is 15.0 Å². The van der Waals surface area contributed by atoms with Crippen LogP contribution >= 0.6 is 0 Å². The van der Waals surface area contributed by atoms with Gasteiger partial charge in [0.05, 0.1) is 6.54 Å². The lowest BCUT2D eigenvalue weighted by atomic mass is 10.2. The molecule has 0 radical (unpaired) electrons. The Kier molecular flexibility index (Phi) is 6.60. The monoisotopic (exact) mass is 263 g/mol. The van der Waals surface area contributed by atoms with Gasteiger partial charge in [0.15, 0.2) is 0 Å². The van der Waals surface area contributed by atoms with Gasteiger partial charge in [0, 0.05) is 13.6 Å². The van der Waals surface area contributed by atoms with Gasteiger partial charge < -0.3 is 5.32 Å². The molecule has 1 aromatic carbocycles. The second-order valence-corrected chi connectivity index (χ2v) is 4.32. The van der Waals surface area contributed by atoms with Crippen LogP contribution in [0.1, 0.15) is 18.9 Å². The van der Waals surface area contributed by atoms with E-state index in [0.717, 1.165) is 18.5 Å². The molecule has 2 N–H and O–H groups in total. The molecule has 0 spiro atoms. The molecule has 0 bridgehead atoms. The van der Waals surface area contributed by atoms with E-state index in [1.54, 1.807) is 0 Å². The Balaban J connectivity index is 2.53. The van der Waals surface area contributed by atoms with E-state index in [9.17, 15) is 9.59 Å². The van der Waals surface area contributed by atoms with Crippen LogP contribution in [-0.2, 0) is 11.3 Å². The molecule has 0 saturated heterocycles. The predicted octanol–water partition coefficient (Wildman–Crippen LogP) is 1.35. The summed E-state index contributed by atoms with van der Waals surface area (Å²) >= 11 is 0. The molecule has 0 heterocycles. The minimum absolute atomic E-state index is 0.218. The molecular formula is C14H21N3O2. The van der Waals surface area contributed by atoms with Crippen molar-refractivity contribution in [2.45, 2.75) is 19.9 Å². The number of rotatable bonds is 6. The van der Waals surface area contributed by atoms with Crippen LogP contribution in [0.15, 0.2) is 30.3 Å². The summed E-state index contributed by atoms with van der Waals surface area (Å²) in [6.07, 6.45) is 0.958. The molecule has 0 aliphatic rings. The lowest BCUT2D eigenvalue weighted by Crippen LogP contribution is -2.43. The maximum Gasteiger partial charge on any atom is 0.321 e. The fourth-order valence-electron chi connectivity index (χ4n) is 1.80. The van der Waals surface area contributed by atoms with Gasteiger partial charge in [-0.15, -0.1) is 0 Å². The van der Waals surface area contributed by atoms with Crippen LogP contribution in [-0.4, -0.2) is 37.0 Å². The summed E-state index contributed by atoms with van der Waals surface area (Å²) in [7, 11) is 1.48. The zero-order chi connectivity index (χ0) is 14.1. The normalized spacial score (nSPS) is 10.3. The first-order chi connectivity index (χ1) is 9.15. The number of amides is 3. The molecule has 0 aliphatic heterocycles.